The van der Waals surface area contributed by atoms with Gasteiger partial charge in [-0.15, -0.1) is 0 Å². The molecule has 0 saturated carbocycles. The second kappa shape index (κ2) is 10.1. The SMILES string of the molecule is CC[C@H](Oc1ccccc1)C(=O)OCC(=O)Nc1ccc(OC(F)F)cc1. The van der Waals surface area contributed by atoms with Gasteiger partial charge in [0.05, 0.1) is 0 Å². The van der Waals surface area contributed by atoms with E-state index in [-0.39, 0.29) is 5.75 Å². The van der Waals surface area contributed by atoms with Crippen molar-refractivity contribution in [2.45, 2.75) is 26.1 Å². The highest BCUT2D eigenvalue weighted by atomic mass is 19.3. The van der Waals surface area contributed by atoms with Crippen molar-refractivity contribution in [3.8, 4) is 11.5 Å². The Hall–Kier alpha value is -3.16. The number of ether oxygens (including phenoxy) is 3. The topological polar surface area (TPSA) is 73.9 Å². The van der Waals surface area contributed by atoms with Gasteiger partial charge in [0.2, 0.25) is 0 Å². The maximum atomic E-state index is 12.1. The lowest BCUT2D eigenvalue weighted by Crippen LogP contribution is -2.31. The normalized spacial score (nSPS) is 11.6. The van der Waals surface area contributed by atoms with Crippen LogP contribution in [0.15, 0.2) is 54.6 Å². The zero-order valence-corrected chi connectivity index (χ0v) is 14.6. The van der Waals surface area contributed by atoms with Gasteiger partial charge in [-0.3, -0.25) is 4.79 Å². The third kappa shape index (κ3) is 6.93. The molecular weight excluding hydrogens is 360 g/mol. The molecule has 0 fully saturated rings. The minimum absolute atomic E-state index is 0.0294. The van der Waals surface area contributed by atoms with Crippen LogP contribution in [0.1, 0.15) is 13.3 Å². The Balaban J connectivity index is 1.80. The molecule has 2 aromatic rings. The quantitative estimate of drug-likeness (QED) is 0.674. The average Bonchev–Trinajstić information content (AvgIpc) is 2.66. The Kier molecular flexibility index (Phi) is 7.54. The summed E-state index contributed by atoms with van der Waals surface area (Å²) < 4.78 is 38.9. The molecule has 2 rings (SSSR count). The lowest BCUT2D eigenvalue weighted by atomic mass is 10.2. The molecule has 0 unspecified atom stereocenters. The van der Waals surface area contributed by atoms with Gasteiger partial charge in [-0.25, -0.2) is 4.79 Å². The summed E-state index contributed by atoms with van der Waals surface area (Å²) >= 11 is 0. The van der Waals surface area contributed by atoms with Crippen LogP contribution in [0.25, 0.3) is 0 Å². The standard InChI is InChI=1S/C19H19F2NO5/c1-2-16(26-14-6-4-3-5-7-14)18(24)25-12-17(23)22-13-8-10-15(11-9-13)27-19(20)21/h3-11,16,19H,2,12H2,1H3,(H,22,23)/t16-/m0/s1. The molecule has 6 nitrogen and oxygen atoms in total. The number of rotatable bonds is 9. The van der Waals surface area contributed by atoms with Gasteiger partial charge >= 0.3 is 12.6 Å². The highest BCUT2D eigenvalue weighted by Crippen LogP contribution is 2.18. The van der Waals surface area contributed by atoms with E-state index in [1.807, 2.05) is 6.07 Å². The molecule has 0 heterocycles. The number of carbonyl (C=O) groups excluding carboxylic acids is 2. The third-order valence-electron chi connectivity index (χ3n) is 3.36. The molecular formula is C19H19F2NO5. The summed E-state index contributed by atoms with van der Waals surface area (Å²) in [7, 11) is 0. The van der Waals surface area contributed by atoms with Crippen LogP contribution in [0, 0.1) is 0 Å². The van der Waals surface area contributed by atoms with Crippen LogP contribution in [0.3, 0.4) is 0 Å². The zero-order valence-electron chi connectivity index (χ0n) is 14.6. The summed E-state index contributed by atoms with van der Waals surface area (Å²) in [4.78, 5) is 23.9. The fraction of sp³-hybridized carbons (Fsp3) is 0.263. The van der Waals surface area contributed by atoms with Gasteiger partial charge in [-0.2, -0.15) is 8.78 Å². The van der Waals surface area contributed by atoms with E-state index in [1.54, 1.807) is 31.2 Å². The van der Waals surface area contributed by atoms with Crippen molar-refractivity contribution in [1.29, 1.82) is 0 Å². The van der Waals surface area contributed by atoms with Gasteiger partial charge in [0.25, 0.3) is 5.91 Å². The molecule has 0 aliphatic carbocycles. The van der Waals surface area contributed by atoms with Crippen LogP contribution in [-0.4, -0.2) is 31.2 Å². The number of alkyl halides is 2. The smallest absolute Gasteiger partial charge is 0.387 e. The van der Waals surface area contributed by atoms with Crippen LogP contribution >= 0.6 is 0 Å². The predicted octanol–water partition coefficient (Wildman–Crippen LogP) is 3.63. The Labute approximate surface area is 155 Å². The van der Waals surface area contributed by atoms with Crippen LogP contribution < -0.4 is 14.8 Å². The van der Waals surface area contributed by atoms with Crippen molar-refractivity contribution in [1.82, 2.24) is 0 Å². The Bertz CT molecular complexity index is 738. The second-order valence-corrected chi connectivity index (χ2v) is 5.39. The first-order chi connectivity index (χ1) is 13.0. The zero-order chi connectivity index (χ0) is 19.6. The number of halogens is 2. The molecule has 144 valence electrons. The van der Waals surface area contributed by atoms with Crippen LogP contribution in [0.5, 0.6) is 11.5 Å². The summed E-state index contributed by atoms with van der Waals surface area (Å²) in [6.07, 6.45) is -0.452. The van der Waals surface area contributed by atoms with E-state index in [9.17, 15) is 18.4 Å². The molecule has 0 spiro atoms. The van der Waals surface area contributed by atoms with Gasteiger partial charge < -0.3 is 19.5 Å². The Morgan fingerprint density at radius 3 is 2.19 bits per heavy atom. The fourth-order valence-corrected chi connectivity index (χ4v) is 2.11. The first-order valence-electron chi connectivity index (χ1n) is 8.21. The van der Waals surface area contributed by atoms with E-state index in [2.05, 4.69) is 10.1 Å². The molecule has 0 bridgehead atoms. The van der Waals surface area contributed by atoms with Crippen LogP contribution in [0.2, 0.25) is 0 Å². The number of nitrogens with one attached hydrogen (secondary N) is 1. The number of amides is 1. The monoisotopic (exact) mass is 379 g/mol. The first-order valence-corrected chi connectivity index (χ1v) is 8.21. The second-order valence-electron chi connectivity index (χ2n) is 5.39. The van der Waals surface area contributed by atoms with Crippen molar-refractivity contribution >= 4 is 17.6 Å². The summed E-state index contributed by atoms with van der Waals surface area (Å²) in [6.45, 7) is -1.66. The summed E-state index contributed by atoms with van der Waals surface area (Å²) in [5.41, 5.74) is 0.352. The summed E-state index contributed by atoms with van der Waals surface area (Å²) in [5, 5.41) is 2.48. The fourth-order valence-electron chi connectivity index (χ4n) is 2.11. The van der Waals surface area contributed by atoms with Gasteiger partial charge in [0, 0.05) is 5.69 Å². The van der Waals surface area contributed by atoms with Crippen molar-refractivity contribution in [2.24, 2.45) is 0 Å². The van der Waals surface area contributed by atoms with E-state index in [0.29, 0.717) is 17.9 Å². The van der Waals surface area contributed by atoms with Crippen molar-refractivity contribution in [3.05, 3.63) is 54.6 Å². The number of para-hydroxylation sites is 1. The molecule has 0 aliphatic heterocycles. The van der Waals surface area contributed by atoms with Crippen molar-refractivity contribution in [2.75, 3.05) is 11.9 Å². The molecule has 2 aromatic carbocycles. The predicted molar refractivity (Wildman–Crippen MR) is 93.8 cm³/mol. The van der Waals surface area contributed by atoms with E-state index >= 15 is 0 Å². The molecule has 1 amide bonds. The van der Waals surface area contributed by atoms with Crippen molar-refractivity contribution in [3.63, 3.8) is 0 Å². The van der Waals surface area contributed by atoms with Crippen LogP contribution in [0.4, 0.5) is 14.5 Å². The minimum atomic E-state index is -2.92. The lowest BCUT2D eigenvalue weighted by molar-refractivity contribution is -0.154. The van der Waals surface area contributed by atoms with E-state index in [4.69, 9.17) is 9.47 Å². The highest BCUT2D eigenvalue weighted by Gasteiger charge is 2.21. The molecule has 1 N–H and O–H groups in total. The molecule has 8 heteroatoms. The van der Waals surface area contributed by atoms with E-state index in [0.717, 1.165) is 0 Å². The average molecular weight is 379 g/mol. The van der Waals surface area contributed by atoms with E-state index in [1.165, 1.54) is 24.3 Å². The summed E-state index contributed by atoms with van der Waals surface area (Å²) in [5.74, 6) is -0.729. The van der Waals surface area contributed by atoms with Gasteiger partial charge in [-0.05, 0) is 42.8 Å². The third-order valence-corrected chi connectivity index (χ3v) is 3.36. The molecule has 0 aliphatic rings. The number of benzene rings is 2. The van der Waals surface area contributed by atoms with Gasteiger partial charge in [0.1, 0.15) is 11.5 Å². The number of esters is 1. The van der Waals surface area contributed by atoms with Gasteiger partial charge in [-0.1, -0.05) is 25.1 Å². The maximum absolute atomic E-state index is 12.1. The molecule has 0 saturated heterocycles. The number of anilines is 1. The Morgan fingerprint density at radius 1 is 0.963 bits per heavy atom. The highest BCUT2D eigenvalue weighted by molar-refractivity contribution is 5.93. The largest absolute Gasteiger partial charge is 0.479 e. The molecule has 27 heavy (non-hydrogen) atoms. The first kappa shape index (κ1) is 20.2. The molecule has 1 atom stereocenters. The maximum Gasteiger partial charge on any atom is 0.387 e. The number of hydrogen-bond acceptors (Lipinski definition) is 5. The van der Waals surface area contributed by atoms with Crippen LogP contribution in [-0.2, 0) is 14.3 Å². The molecule has 0 radical (unpaired) electrons. The number of carbonyl (C=O) groups is 2. The lowest BCUT2D eigenvalue weighted by Gasteiger charge is -2.16. The minimum Gasteiger partial charge on any atom is -0.479 e. The Morgan fingerprint density at radius 2 is 1.59 bits per heavy atom. The van der Waals surface area contributed by atoms with E-state index < -0.39 is 31.2 Å². The summed E-state index contributed by atoms with van der Waals surface area (Å²) in [6, 6.07) is 14.2. The number of hydrogen-bond donors (Lipinski definition) is 1. The van der Waals surface area contributed by atoms with Gasteiger partial charge in [0.15, 0.2) is 12.7 Å². The molecule has 0 aromatic heterocycles. The van der Waals surface area contributed by atoms with Crippen molar-refractivity contribution < 1.29 is 32.6 Å².